The van der Waals surface area contributed by atoms with Crippen molar-refractivity contribution in [3.8, 4) is 0 Å². The maximum atomic E-state index is 12.4. The lowest BCUT2D eigenvalue weighted by atomic mass is 9.86. The highest BCUT2D eigenvalue weighted by Crippen LogP contribution is 2.27. The van der Waals surface area contributed by atoms with Crippen LogP contribution in [0.1, 0.15) is 38.7 Å². The van der Waals surface area contributed by atoms with Gasteiger partial charge in [-0.15, -0.1) is 0 Å². The molecule has 1 aromatic carbocycles. The van der Waals surface area contributed by atoms with E-state index in [9.17, 15) is 8.42 Å². The third kappa shape index (κ3) is 4.68. The first kappa shape index (κ1) is 16.7. The van der Waals surface area contributed by atoms with Gasteiger partial charge in [-0.2, -0.15) is 0 Å². The number of hydrogen-bond acceptors (Lipinski definition) is 3. The SMILES string of the molecule is CC(C)NCc1ccc(Cl)c(S(=O)(=O)NCC2CCC2)c1. The number of nitrogens with one attached hydrogen (secondary N) is 2. The minimum Gasteiger partial charge on any atom is -0.310 e. The minimum atomic E-state index is -3.53. The molecule has 2 rings (SSSR count). The van der Waals surface area contributed by atoms with Gasteiger partial charge >= 0.3 is 0 Å². The fraction of sp³-hybridized carbons (Fsp3) is 0.600. The van der Waals surface area contributed by atoms with E-state index in [1.165, 1.54) is 6.42 Å². The monoisotopic (exact) mass is 330 g/mol. The Balaban J connectivity index is 2.10. The molecular weight excluding hydrogens is 308 g/mol. The number of benzene rings is 1. The van der Waals surface area contributed by atoms with Crippen molar-refractivity contribution in [3.63, 3.8) is 0 Å². The van der Waals surface area contributed by atoms with Gasteiger partial charge in [0, 0.05) is 19.1 Å². The van der Waals surface area contributed by atoms with E-state index in [-0.39, 0.29) is 9.92 Å². The molecule has 0 atom stereocenters. The summed E-state index contributed by atoms with van der Waals surface area (Å²) in [4.78, 5) is 0.173. The van der Waals surface area contributed by atoms with Crippen LogP contribution in [-0.4, -0.2) is 21.0 Å². The molecule has 1 fully saturated rings. The van der Waals surface area contributed by atoms with E-state index in [1.807, 2.05) is 19.9 Å². The van der Waals surface area contributed by atoms with Crippen molar-refractivity contribution < 1.29 is 8.42 Å². The highest BCUT2D eigenvalue weighted by molar-refractivity contribution is 7.89. The van der Waals surface area contributed by atoms with Crippen molar-refractivity contribution in [2.24, 2.45) is 5.92 Å². The molecule has 0 heterocycles. The maximum absolute atomic E-state index is 12.4. The Morgan fingerprint density at radius 2 is 2.05 bits per heavy atom. The molecule has 118 valence electrons. The van der Waals surface area contributed by atoms with Crippen molar-refractivity contribution >= 4 is 21.6 Å². The molecule has 0 radical (unpaired) electrons. The zero-order valence-corrected chi connectivity index (χ0v) is 14.1. The van der Waals surface area contributed by atoms with Crippen LogP contribution in [0.25, 0.3) is 0 Å². The predicted molar refractivity (Wildman–Crippen MR) is 86.0 cm³/mol. The van der Waals surface area contributed by atoms with Crippen molar-refractivity contribution in [2.45, 2.75) is 50.6 Å². The van der Waals surface area contributed by atoms with E-state index in [4.69, 9.17) is 11.6 Å². The first-order valence-corrected chi connectivity index (χ1v) is 9.26. The summed E-state index contributed by atoms with van der Waals surface area (Å²) in [5, 5.41) is 3.54. The number of rotatable bonds is 7. The van der Waals surface area contributed by atoms with Gasteiger partial charge in [-0.05, 0) is 36.5 Å². The van der Waals surface area contributed by atoms with Crippen molar-refractivity contribution in [3.05, 3.63) is 28.8 Å². The van der Waals surface area contributed by atoms with Crippen LogP contribution in [0, 0.1) is 5.92 Å². The maximum Gasteiger partial charge on any atom is 0.242 e. The smallest absolute Gasteiger partial charge is 0.242 e. The van der Waals surface area contributed by atoms with Gasteiger partial charge in [0.1, 0.15) is 4.90 Å². The van der Waals surface area contributed by atoms with E-state index in [2.05, 4.69) is 10.0 Å². The summed E-state index contributed by atoms with van der Waals surface area (Å²) in [7, 11) is -3.53. The summed E-state index contributed by atoms with van der Waals surface area (Å²) in [6.07, 6.45) is 3.41. The van der Waals surface area contributed by atoms with E-state index >= 15 is 0 Å². The molecule has 0 saturated heterocycles. The van der Waals surface area contributed by atoms with Crippen LogP contribution in [0.5, 0.6) is 0 Å². The first-order chi connectivity index (χ1) is 9.88. The Morgan fingerprint density at radius 1 is 1.33 bits per heavy atom. The highest BCUT2D eigenvalue weighted by Gasteiger charge is 2.23. The van der Waals surface area contributed by atoms with Crippen LogP contribution >= 0.6 is 11.6 Å². The van der Waals surface area contributed by atoms with Crippen LogP contribution in [0.4, 0.5) is 0 Å². The molecule has 0 amide bonds. The summed E-state index contributed by atoms with van der Waals surface area (Å²) >= 11 is 6.07. The lowest BCUT2D eigenvalue weighted by Crippen LogP contribution is -2.32. The molecule has 1 saturated carbocycles. The van der Waals surface area contributed by atoms with Gasteiger partial charge in [0.25, 0.3) is 0 Å². The molecule has 0 unspecified atom stereocenters. The third-order valence-electron chi connectivity index (χ3n) is 3.79. The Morgan fingerprint density at radius 3 is 2.62 bits per heavy atom. The summed E-state index contributed by atoms with van der Waals surface area (Å²) in [6.45, 7) is 5.23. The largest absolute Gasteiger partial charge is 0.310 e. The van der Waals surface area contributed by atoms with E-state index in [0.717, 1.165) is 18.4 Å². The zero-order chi connectivity index (χ0) is 15.5. The minimum absolute atomic E-state index is 0.173. The molecule has 0 spiro atoms. The molecule has 0 bridgehead atoms. The molecule has 6 heteroatoms. The van der Waals surface area contributed by atoms with Crippen LogP contribution in [0.3, 0.4) is 0 Å². The molecule has 2 N–H and O–H groups in total. The second kappa shape index (κ2) is 7.09. The Hall–Kier alpha value is -0.620. The fourth-order valence-corrected chi connectivity index (χ4v) is 3.85. The Labute approximate surface area is 132 Å². The van der Waals surface area contributed by atoms with Crippen LogP contribution < -0.4 is 10.0 Å². The normalized spacial score (nSPS) is 16.2. The predicted octanol–water partition coefficient (Wildman–Crippen LogP) is 2.92. The second-order valence-corrected chi connectivity index (χ2v) is 8.09. The Kier molecular flexibility index (Phi) is 5.66. The van der Waals surface area contributed by atoms with Gasteiger partial charge in [0.05, 0.1) is 5.02 Å². The number of sulfonamides is 1. The van der Waals surface area contributed by atoms with Gasteiger partial charge < -0.3 is 5.32 Å². The Bertz CT molecular complexity index is 583. The van der Waals surface area contributed by atoms with E-state index < -0.39 is 10.0 Å². The van der Waals surface area contributed by atoms with E-state index in [0.29, 0.717) is 25.0 Å². The number of halogens is 1. The highest BCUT2D eigenvalue weighted by atomic mass is 35.5. The lowest BCUT2D eigenvalue weighted by Gasteiger charge is -2.25. The average molecular weight is 331 g/mol. The van der Waals surface area contributed by atoms with Crippen molar-refractivity contribution in [1.29, 1.82) is 0 Å². The number of hydrogen-bond donors (Lipinski definition) is 2. The van der Waals surface area contributed by atoms with Crippen molar-refractivity contribution in [1.82, 2.24) is 10.0 Å². The third-order valence-corrected chi connectivity index (χ3v) is 5.69. The first-order valence-electron chi connectivity index (χ1n) is 7.40. The van der Waals surface area contributed by atoms with Gasteiger partial charge in [-0.1, -0.05) is 37.9 Å². The lowest BCUT2D eigenvalue weighted by molar-refractivity contribution is 0.316. The summed E-state index contributed by atoms with van der Waals surface area (Å²) in [6, 6.07) is 5.50. The van der Waals surface area contributed by atoms with Crippen molar-refractivity contribution in [2.75, 3.05) is 6.54 Å². The molecule has 0 aromatic heterocycles. The molecular formula is C15H23ClN2O2S. The zero-order valence-electron chi connectivity index (χ0n) is 12.5. The molecule has 4 nitrogen and oxygen atoms in total. The average Bonchev–Trinajstić information content (AvgIpc) is 2.35. The van der Waals surface area contributed by atoms with Crippen LogP contribution in [0.15, 0.2) is 23.1 Å². The van der Waals surface area contributed by atoms with Crippen LogP contribution in [0.2, 0.25) is 5.02 Å². The fourth-order valence-electron chi connectivity index (χ4n) is 2.19. The van der Waals surface area contributed by atoms with Crippen LogP contribution in [-0.2, 0) is 16.6 Å². The molecule has 21 heavy (non-hydrogen) atoms. The van der Waals surface area contributed by atoms with E-state index in [1.54, 1.807) is 12.1 Å². The van der Waals surface area contributed by atoms with Gasteiger partial charge in [-0.3, -0.25) is 0 Å². The standard InChI is InChI=1S/C15H23ClN2O2S/c1-11(2)17-9-13-6-7-14(16)15(8-13)21(19,20)18-10-12-4-3-5-12/h6-8,11-12,17-18H,3-5,9-10H2,1-2H3. The van der Waals surface area contributed by atoms with Gasteiger partial charge in [0.15, 0.2) is 0 Å². The summed E-state index contributed by atoms with van der Waals surface area (Å²) in [5.41, 5.74) is 0.914. The van der Waals surface area contributed by atoms with Gasteiger partial charge in [0.2, 0.25) is 10.0 Å². The molecule has 0 aliphatic heterocycles. The molecule has 1 aromatic rings. The summed E-state index contributed by atoms with van der Waals surface area (Å²) in [5.74, 6) is 0.476. The quantitative estimate of drug-likeness (QED) is 0.808. The second-order valence-electron chi connectivity index (χ2n) is 5.95. The summed E-state index contributed by atoms with van der Waals surface area (Å²) < 4.78 is 27.4. The van der Waals surface area contributed by atoms with Gasteiger partial charge in [-0.25, -0.2) is 13.1 Å². The molecule has 1 aliphatic carbocycles. The molecule has 1 aliphatic rings. The topological polar surface area (TPSA) is 58.2 Å².